The van der Waals surface area contributed by atoms with Crippen molar-refractivity contribution in [1.82, 2.24) is 9.36 Å². The molecule has 3 nitrogen and oxygen atoms in total. The molecule has 0 aliphatic rings. The van der Waals surface area contributed by atoms with E-state index in [1.807, 2.05) is 24.3 Å². The van der Waals surface area contributed by atoms with Crippen molar-refractivity contribution in [2.45, 2.75) is 0 Å². The van der Waals surface area contributed by atoms with Crippen molar-refractivity contribution in [2.75, 3.05) is 0 Å². The number of aromatic amines is 2. The van der Waals surface area contributed by atoms with Gasteiger partial charge >= 0.3 is 0 Å². The van der Waals surface area contributed by atoms with Crippen LogP contribution in [0.5, 0.6) is 0 Å². The van der Waals surface area contributed by atoms with E-state index < -0.39 is 0 Å². The van der Waals surface area contributed by atoms with Crippen molar-refractivity contribution in [3.8, 4) is 0 Å². The van der Waals surface area contributed by atoms with Crippen molar-refractivity contribution in [3.63, 3.8) is 0 Å². The summed E-state index contributed by atoms with van der Waals surface area (Å²) in [5.41, 5.74) is 1.68. The molecule has 2 aromatic heterocycles. The number of hydrogen-bond donors (Lipinski definition) is 2. The molecular weight excluding hydrogens is 184 g/mol. The van der Waals surface area contributed by atoms with Gasteiger partial charge in [-0.3, -0.25) is 9.17 Å². The van der Waals surface area contributed by atoms with Gasteiger partial charge in [-0.2, -0.15) is 0 Å². The molecular formula is C9H6N2OS. The Morgan fingerprint density at radius 2 is 2.08 bits per heavy atom. The molecule has 0 radical (unpaired) electrons. The number of benzene rings is 1. The average Bonchev–Trinajstić information content (AvgIpc) is 2.67. The number of H-pyrrole nitrogens is 2. The van der Waals surface area contributed by atoms with Gasteiger partial charge in [-0.05, 0) is 6.07 Å². The zero-order valence-electron chi connectivity index (χ0n) is 6.63. The molecule has 2 heterocycles. The van der Waals surface area contributed by atoms with Gasteiger partial charge in [0.1, 0.15) is 5.52 Å². The van der Waals surface area contributed by atoms with Crippen molar-refractivity contribution in [2.24, 2.45) is 0 Å². The summed E-state index contributed by atoms with van der Waals surface area (Å²) < 4.78 is 3.72. The number of aromatic nitrogens is 2. The summed E-state index contributed by atoms with van der Waals surface area (Å²) in [5, 5.41) is 1.11. The van der Waals surface area contributed by atoms with E-state index in [0.29, 0.717) is 5.52 Å². The third-order valence-electron chi connectivity index (χ3n) is 2.13. The van der Waals surface area contributed by atoms with E-state index in [2.05, 4.69) is 9.36 Å². The Hall–Kier alpha value is -1.55. The predicted molar refractivity (Wildman–Crippen MR) is 54.3 cm³/mol. The van der Waals surface area contributed by atoms with Crippen LogP contribution in [0, 0.1) is 0 Å². The average molecular weight is 190 g/mol. The lowest BCUT2D eigenvalue weighted by molar-refractivity contribution is 1.41. The summed E-state index contributed by atoms with van der Waals surface area (Å²) in [6, 6.07) is 7.91. The van der Waals surface area contributed by atoms with Crippen LogP contribution < -0.4 is 5.56 Å². The van der Waals surface area contributed by atoms with Crippen LogP contribution in [0.4, 0.5) is 0 Å². The first-order valence-corrected chi connectivity index (χ1v) is 4.76. The first-order valence-electron chi connectivity index (χ1n) is 3.94. The summed E-state index contributed by atoms with van der Waals surface area (Å²) in [4.78, 5) is 14.4. The van der Waals surface area contributed by atoms with Crippen LogP contribution in [0.15, 0.2) is 29.1 Å². The van der Waals surface area contributed by atoms with Crippen molar-refractivity contribution >= 4 is 32.7 Å². The van der Waals surface area contributed by atoms with Gasteiger partial charge in [-0.25, -0.2) is 0 Å². The van der Waals surface area contributed by atoms with Gasteiger partial charge in [-0.15, -0.1) is 0 Å². The molecule has 3 rings (SSSR count). The molecule has 0 saturated carbocycles. The highest BCUT2D eigenvalue weighted by atomic mass is 32.1. The van der Waals surface area contributed by atoms with Crippen LogP contribution in [0.3, 0.4) is 0 Å². The molecule has 0 bridgehead atoms. The summed E-state index contributed by atoms with van der Waals surface area (Å²) in [5.74, 6) is 0. The van der Waals surface area contributed by atoms with Gasteiger partial charge in [0.05, 0.1) is 4.70 Å². The van der Waals surface area contributed by atoms with Crippen molar-refractivity contribution in [3.05, 3.63) is 34.6 Å². The molecule has 0 unspecified atom stereocenters. The molecule has 64 valence electrons. The summed E-state index contributed by atoms with van der Waals surface area (Å²) in [6.45, 7) is 0. The highest BCUT2D eigenvalue weighted by Gasteiger charge is 2.07. The van der Waals surface area contributed by atoms with Gasteiger partial charge in [0.25, 0.3) is 5.56 Å². The third-order valence-corrected chi connectivity index (χ3v) is 3.05. The van der Waals surface area contributed by atoms with Crippen LogP contribution in [0.25, 0.3) is 21.1 Å². The lowest BCUT2D eigenvalue weighted by Crippen LogP contribution is -1.96. The fourth-order valence-corrected chi connectivity index (χ4v) is 2.36. The van der Waals surface area contributed by atoms with E-state index >= 15 is 0 Å². The highest BCUT2D eigenvalue weighted by molar-refractivity contribution is 7.14. The first kappa shape index (κ1) is 6.91. The SMILES string of the molecule is O=c1[nH]sc2c1[nH]c1ccccc12. The van der Waals surface area contributed by atoms with Crippen LogP contribution >= 0.6 is 11.5 Å². The van der Waals surface area contributed by atoms with Crippen molar-refractivity contribution < 1.29 is 0 Å². The van der Waals surface area contributed by atoms with Crippen LogP contribution in [-0.2, 0) is 0 Å². The van der Waals surface area contributed by atoms with Gasteiger partial charge in [-0.1, -0.05) is 29.7 Å². The second kappa shape index (κ2) is 2.23. The minimum absolute atomic E-state index is 0.0313. The number of hydrogen-bond acceptors (Lipinski definition) is 2. The lowest BCUT2D eigenvalue weighted by atomic mass is 10.2. The lowest BCUT2D eigenvalue weighted by Gasteiger charge is -1.85. The second-order valence-corrected chi connectivity index (χ2v) is 3.72. The quantitative estimate of drug-likeness (QED) is 0.560. The Labute approximate surface area is 77.2 Å². The number of rotatable bonds is 0. The monoisotopic (exact) mass is 190 g/mol. The second-order valence-electron chi connectivity index (χ2n) is 2.91. The molecule has 4 heteroatoms. The van der Waals surface area contributed by atoms with E-state index in [1.165, 1.54) is 11.5 Å². The highest BCUT2D eigenvalue weighted by Crippen LogP contribution is 2.25. The molecule has 13 heavy (non-hydrogen) atoms. The summed E-state index contributed by atoms with van der Waals surface area (Å²) in [6.07, 6.45) is 0. The van der Waals surface area contributed by atoms with Gasteiger partial charge < -0.3 is 4.98 Å². The number of para-hydroxylation sites is 1. The predicted octanol–water partition coefficient (Wildman–Crippen LogP) is 2.07. The molecule has 0 saturated heterocycles. The summed E-state index contributed by atoms with van der Waals surface area (Å²) in [7, 11) is 0. The largest absolute Gasteiger partial charge is 0.349 e. The smallest absolute Gasteiger partial charge is 0.282 e. The molecule has 0 spiro atoms. The molecule has 1 aromatic carbocycles. The normalized spacial score (nSPS) is 11.4. The van der Waals surface area contributed by atoms with E-state index in [0.717, 1.165) is 15.6 Å². The fourth-order valence-electron chi connectivity index (χ4n) is 1.53. The number of nitrogens with one attached hydrogen (secondary N) is 2. The van der Waals surface area contributed by atoms with E-state index in [9.17, 15) is 4.79 Å². The molecule has 0 atom stereocenters. The zero-order valence-corrected chi connectivity index (χ0v) is 7.44. The standard InChI is InChI=1S/C9H6N2OS/c12-9-7-8(13-11-9)5-3-1-2-4-6(5)10-7/h1-4,10H,(H,11,12). The van der Waals surface area contributed by atoms with E-state index in [1.54, 1.807) is 0 Å². The van der Waals surface area contributed by atoms with Gasteiger partial charge in [0.2, 0.25) is 0 Å². The molecule has 0 fully saturated rings. The molecule has 0 amide bonds. The van der Waals surface area contributed by atoms with E-state index in [4.69, 9.17) is 0 Å². The van der Waals surface area contributed by atoms with Gasteiger partial charge in [0.15, 0.2) is 0 Å². The van der Waals surface area contributed by atoms with Gasteiger partial charge in [0, 0.05) is 10.9 Å². The Bertz CT molecular complexity index is 631. The van der Waals surface area contributed by atoms with Crippen LogP contribution in [0.2, 0.25) is 0 Å². The maximum absolute atomic E-state index is 11.3. The molecule has 2 N–H and O–H groups in total. The Kier molecular flexibility index (Phi) is 1.19. The Balaban J connectivity index is 2.72. The number of fused-ring (bicyclic) bond motifs is 3. The zero-order chi connectivity index (χ0) is 8.84. The summed E-state index contributed by atoms with van der Waals surface area (Å²) >= 11 is 1.38. The topological polar surface area (TPSA) is 48.6 Å². The van der Waals surface area contributed by atoms with E-state index in [-0.39, 0.29) is 5.56 Å². The molecule has 0 aliphatic heterocycles. The first-order chi connectivity index (χ1) is 6.36. The maximum Gasteiger partial charge on any atom is 0.282 e. The van der Waals surface area contributed by atoms with Crippen LogP contribution in [0.1, 0.15) is 0 Å². The fraction of sp³-hybridized carbons (Fsp3) is 0. The minimum atomic E-state index is -0.0313. The molecule has 3 aromatic rings. The molecule has 0 aliphatic carbocycles. The third kappa shape index (κ3) is 0.805. The van der Waals surface area contributed by atoms with Crippen LogP contribution in [-0.4, -0.2) is 9.36 Å². The Morgan fingerprint density at radius 3 is 3.00 bits per heavy atom. The van der Waals surface area contributed by atoms with Crippen molar-refractivity contribution in [1.29, 1.82) is 0 Å². The Morgan fingerprint density at radius 1 is 1.23 bits per heavy atom. The maximum atomic E-state index is 11.3. The minimum Gasteiger partial charge on any atom is -0.349 e.